The van der Waals surface area contributed by atoms with E-state index in [0.29, 0.717) is 36.5 Å². The molecule has 148 valence electrons. The van der Waals surface area contributed by atoms with Gasteiger partial charge in [-0.25, -0.2) is 0 Å². The van der Waals surface area contributed by atoms with Gasteiger partial charge in [-0.05, 0) is 37.1 Å². The fourth-order valence-electron chi connectivity index (χ4n) is 3.16. The number of carbonyl (C=O) groups is 2. The third-order valence-corrected chi connectivity index (χ3v) is 4.64. The van der Waals surface area contributed by atoms with Crippen LogP contribution in [0.1, 0.15) is 23.2 Å². The number of benzene rings is 2. The molecule has 1 aliphatic rings. The Hall–Kier alpha value is -3.68. The summed E-state index contributed by atoms with van der Waals surface area (Å²) in [5.74, 6) is 0.252. The highest BCUT2D eigenvalue weighted by Gasteiger charge is 2.25. The molecule has 1 aromatic heterocycles. The van der Waals surface area contributed by atoms with Crippen LogP contribution in [-0.4, -0.2) is 41.7 Å². The predicted octanol–water partition coefficient (Wildman–Crippen LogP) is 2.45. The smallest absolute Gasteiger partial charge is 0.316 e. The van der Waals surface area contributed by atoms with E-state index in [1.807, 2.05) is 37.3 Å². The van der Waals surface area contributed by atoms with Gasteiger partial charge in [0.25, 0.3) is 5.91 Å². The lowest BCUT2D eigenvalue weighted by molar-refractivity contribution is -0.121. The van der Waals surface area contributed by atoms with Gasteiger partial charge in [0.1, 0.15) is 5.75 Å². The van der Waals surface area contributed by atoms with Crippen molar-refractivity contribution in [1.82, 2.24) is 15.5 Å². The molecule has 1 N–H and O–H groups in total. The molecule has 2 heterocycles. The van der Waals surface area contributed by atoms with Crippen molar-refractivity contribution in [3.05, 3.63) is 60.0 Å². The summed E-state index contributed by atoms with van der Waals surface area (Å²) in [6, 6.07) is 15.2. The van der Waals surface area contributed by atoms with E-state index in [0.717, 1.165) is 5.56 Å². The molecule has 2 amide bonds. The van der Waals surface area contributed by atoms with Crippen molar-refractivity contribution < 1.29 is 18.8 Å². The Labute approximate surface area is 167 Å². The lowest BCUT2D eigenvalue weighted by Gasteiger charge is -2.28. The Balaban J connectivity index is 1.43. The largest absolute Gasteiger partial charge is 0.482 e. The summed E-state index contributed by atoms with van der Waals surface area (Å²) in [5.41, 5.74) is 2.48. The van der Waals surface area contributed by atoms with Gasteiger partial charge in [-0.1, -0.05) is 35.5 Å². The summed E-state index contributed by atoms with van der Waals surface area (Å²) < 4.78 is 10.6. The van der Waals surface area contributed by atoms with Crippen LogP contribution in [0.15, 0.2) is 53.1 Å². The van der Waals surface area contributed by atoms with Crippen LogP contribution >= 0.6 is 0 Å². The summed E-state index contributed by atoms with van der Waals surface area (Å²) in [5, 5.41) is 6.67. The molecule has 0 atom stereocenters. The topological polar surface area (TPSA) is 97.6 Å². The maximum atomic E-state index is 12.3. The molecule has 4 rings (SSSR count). The van der Waals surface area contributed by atoms with Crippen molar-refractivity contribution in [3.8, 4) is 17.1 Å². The number of carbonyl (C=O) groups excluding carboxylic acids is 2. The van der Waals surface area contributed by atoms with E-state index in [2.05, 4.69) is 15.5 Å². The number of fused-ring (bicyclic) bond motifs is 1. The van der Waals surface area contributed by atoms with Crippen LogP contribution in [0.5, 0.6) is 5.75 Å². The number of anilines is 1. The zero-order valence-corrected chi connectivity index (χ0v) is 15.9. The Morgan fingerprint density at radius 1 is 1.21 bits per heavy atom. The van der Waals surface area contributed by atoms with Crippen molar-refractivity contribution in [1.29, 1.82) is 0 Å². The van der Waals surface area contributed by atoms with E-state index < -0.39 is 5.91 Å². The van der Waals surface area contributed by atoms with E-state index in [4.69, 9.17) is 9.26 Å². The van der Waals surface area contributed by atoms with Crippen LogP contribution in [0.3, 0.4) is 0 Å². The molecule has 0 bridgehead atoms. The fraction of sp³-hybridized carbons (Fsp3) is 0.238. The van der Waals surface area contributed by atoms with Gasteiger partial charge in [-0.15, -0.1) is 0 Å². The average Bonchev–Trinajstić information content (AvgIpc) is 3.24. The van der Waals surface area contributed by atoms with E-state index >= 15 is 0 Å². The number of nitrogens with zero attached hydrogens (tertiary/aromatic N) is 3. The minimum atomic E-state index is -0.420. The molecule has 29 heavy (non-hydrogen) atoms. The first-order valence-corrected chi connectivity index (χ1v) is 9.39. The number of hydrogen-bond donors (Lipinski definition) is 1. The molecule has 0 unspecified atom stereocenters. The molecule has 8 nitrogen and oxygen atoms in total. The van der Waals surface area contributed by atoms with Crippen LogP contribution < -0.4 is 15.0 Å². The first-order valence-electron chi connectivity index (χ1n) is 9.39. The van der Waals surface area contributed by atoms with Gasteiger partial charge in [-0.3, -0.25) is 9.59 Å². The van der Waals surface area contributed by atoms with Gasteiger partial charge in [-0.2, -0.15) is 4.98 Å². The second-order valence-corrected chi connectivity index (χ2v) is 6.52. The molecular formula is C21H20N4O4. The zero-order chi connectivity index (χ0) is 20.2. The standard InChI is InChI=1S/C21H20N4O4/c1-2-25-16-9-8-15(12-17(16)28-13-18(25)26)19-23-21(29-24-19)20(27)22-11-10-14-6-4-3-5-7-14/h3-9,12H,2,10-11,13H2,1H3,(H,22,27). The predicted molar refractivity (Wildman–Crippen MR) is 106 cm³/mol. The van der Waals surface area contributed by atoms with Crippen LogP contribution in [0.25, 0.3) is 11.4 Å². The first kappa shape index (κ1) is 18.7. The van der Waals surface area contributed by atoms with E-state index in [9.17, 15) is 9.59 Å². The monoisotopic (exact) mass is 392 g/mol. The van der Waals surface area contributed by atoms with Gasteiger partial charge in [0.15, 0.2) is 6.61 Å². The number of aromatic nitrogens is 2. The van der Waals surface area contributed by atoms with Crippen molar-refractivity contribution in [2.75, 3.05) is 24.6 Å². The van der Waals surface area contributed by atoms with Crippen LogP contribution in [0.4, 0.5) is 5.69 Å². The van der Waals surface area contributed by atoms with Gasteiger partial charge in [0, 0.05) is 18.7 Å². The maximum absolute atomic E-state index is 12.3. The van der Waals surface area contributed by atoms with Crippen molar-refractivity contribution in [2.45, 2.75) is 13.3 Å². The first-order chi connectivity index (χ1) is 14.2. The molecule has 8 heteroatoms. The molecule has 0 aliphatic carbocycles. The third kappa shape index (κ3) is 3.96. The highest BCUT2D eigenvalue weighted by atomic mass is 16.5. The third-order valence-electron chi connectivity index (χ3n) is 4.64. The normalized spacial score (nSPS) is 13.0. The van der Waals surface area contributed by atoms with Gasteiger partial charge in [0.05, 0.1) is 5.69 Å². The van der Waals surface area contributed by atoms with E-state index in [1.54, 1.807) is 23.1 Å². The zero-order valence-electron chi connectivity index (χ0n) is 15.9. The highest BCUT2D eigenvalue weighted by molar-refractivity contribution is 5.98. The Morgan fingerprint density at radius 2 is 2.03 bits per heavy atom. The molecule has 0 fully saturated rings. The molecule has 0 saturated heterocycles. The van der Waals surface area contributed by atoms with E-state index in [1.165, 1.54) is 0 Å². The number of likely N-dealkylation sites (N-methyl/N-ethyl adjacent to an activating group) is 1. The van der Waals surface area contributed by atoms with Gasteiger partial charge in [0.2, 0.25) is 5.82 Å². The van der Waals surface area contributed by atoms with Crippen LogP contribution in [-0.2, 0) is 11.2 Å². The SMILES string of the molecule is CCN1C(=O)COc2cc(-c3noc(C(=O)NCCc4ccccc4)n3)ccc21. The fourth-order valence-corrected chi connectivity index (χ4v) is 3.16. The van der Waals surface area contributed by atoms with E-state index in [-0.39, 0.29) is 24.2 Å². The van der Waals surface area contributed by atoms with Crippen LogP contribution in [0, 0.1) is 0 Å². The minimum Gasteiger partial charge on any atom is -0.482 e. The summed E-state index contributed by atoms with van der Waals surface area (Å²) in [7, 11) is 0. The number of nitrogens with one attached hydrogen (secondary N) is 1. The molecule has 1 aliphatic heterocycles. The molecule has 3 aromatic rings. The van der Waals surface area contributed by atoms with Gasteiger partial charge < -0.3 is 19.5 Å². The minimum absolute atomic E-state index is 0.00833. The summed E-state index contributed by atoms with van der Waals surface area (Å²) in [6.07, 6.45) is 0.711. The number of hydrogen-bond acceptors (Lipinski definition) is 6. The Morgan fingerprint density at radius 3 is 2.83 bits per heavy atom. The quantitative estimate of drug-likeness (QED) is 0.692. The number of ether oxygens (including phenoxy) is 1. The summed E-state index contributed by atoms with van der Waals surface area (Å²) >= 11 is 0. The molecule has 0 spiro atoms. The lowest BCUT2D eigenvalue weighted by Crippen LogP contribution is -2.38. The lowest BCUT2D eigenvalue weighted by atomic mass is 10.1. The summed E-state index contributed by atoms with van der Waals surface area (Å²) in [4.78, 5) is 30.0. The Bertz CT molecular complexity index is 1030. The summed E-state index contributed by atoms with van der Waals surface area (Å²) in [6.45, 7) is 2.92. The van der Waals surface area contributed by atoms with Crippen molar-refractivity contribution in [2.24, 2.45) is 0 Å². The van der Waals surface area contributed by atoms with Crippen molar-refractivity contribution >= 4 is 17.5 Å². The molecular weight excluding hydrogens is 372 g/mol. The molecule has 0 radical (unpaired) electrons. The number of amides is 2. The van der Waals surface area contributed by atoms with Crippen LogP contribution in [0.2, 0.25) is 0 Å². The van der Waals surface area contributed by atoms with Gasteiger partial charge >= 0.3 is 11.8 Å². The Kier molecular flexibility index (Phi) is 5.24. The number of rotatable bonds is 6. The molecule has 0 saturated carbocycles. The van der Waals surface area contributed by atoms with Crippen molar-refractivity contribution in [3.63, 3.8) is 0 Å². The second-order valence-electron chi connectivity index (χ2n) is 6.52. The molecule has 2 aromatic carbocycles. The highest BCUT2D eigenvalue weighted by Crippen LogP contribution is 2.35. The average molecular weight is 392 g/mol. The second kappa shape index (κ2) is 8.14. The maximum Gasteiger partial charge on any atom is 0.316 e.